The molecule has 0 radical (unpaired) electrons. The van der Waals surface area contributed by atoms with Gasteiger partial charge in [0.25, 0.3) is 0 Å². The predicted octanol–water partition coefficient (Wildman–Crippen LogP) is 2.70. The largest absolute Gasteiger partial charge is 0.444 e. The molecule has 0 aromatic rings. The zero-order valence-electron chi connectivity index (χ0n) is 11.7. The summed E-state index contributed by atoms with van der Waals surface area (Å²) in [5, 5.41) is 0. The Kier molecular flexibility index (Phi) is 4.03. The number of ether oxygens (including phenoxy) is 1. The minimum atomic E-state index is -1.17. The summed E-state index contributed by atoms with van der Waals surface area (Å²) in [5.74, 6) is -0.131. The molecule has 1 saturated heterocycles. The number of alkyl halides is 1. The lowest BCUT2D eigenvalue weighted by Crippen LogP contribution is -2.52. The molecule has 0 aliphatic carbocycles. The average molecular weight is 259 g/mol. The summed E-state index contributed by atoms with van der Waals surface area (Å²) < 4.78 is 18.8. The van der Waals surface area contributed by atoms with Crippen LogP contribution in [0.15, 0.2) is 0 Å². The first-order chi connectivity index (χ1) is 8.10. The smallest absolute Gasteiger partial charge is 0.411 e. The van der Waals surface area contributed by atoms with Gasteiger partial charge < -0.3 is 4.74 Å². The summed E-state index contributed by atoms with van der Waals surface area (Å²) in [7, 11) is 0. The van der Waals surface area contributed by atoms with Gasteiger partial charge in [0.1, 0.15) is 17.3 Å². The third kappa shape index (κ3) is 3.00. The Labute approximate surface area is 107 Å². The molecule has 2 atom stereocenters. The summed E-state index contributed by atoms with van der Waals surface area (Å²) in [6, 6.07) is 0. The van der Waals surface area contributed by atoms with Gasteiger partial charge in [0.05, 0.1) is 6.54 Å². The quantitative estimate of drug-likeness (QED) is 0.766. The van der Waals surface area contributed by atoms with Crippen LogP contribution in [0.25, 0.3) is 0 Å². The maximum Gasteiger partial charge on any atom is 0.411 e. The first kappa shape index (κ1) is 14.9. The molecule has 104 valence electrons. The molecule has 0 aromatic carbocycles. The van der Waals surface area contributed by atoms with Crippen molar-refractivity contribution in [2.24, 2.45) is 0 Å². The monoisotopic (exact) mass is 259 g/mol. The number of carbonyl (C=O) groups excluding carboxylic acids is 2. The minimum Gasteiger partial charge on any atom is -0.444 e. The number of rotatable bonds is 2. The van der Waals surface area contributed by atoms with Crippen molar-refractivity contribution >= 4 is 11.9 Å². The van der Waals surface area contributed by atoms with E-state index >= 15 is 0 Å². The molecule has 1 aliphatic heterocycles. The van der Waals surface area contributed by atoms with Crippen LogP contribution in [0.3, 0.4) is 0 Å². The van der Waals surface area contributed by atoms with Crippen LogP contribution < -0.4 is 0 Å². The number of halogens is 1. The lowest BCUT2D eigenvalue weighted by atomic mass is 9.91. The van der Waals surface area contributed by atoms with Crippen molar-refractivity contribution in [3.63, 3.8) is 0 Å². The number of hydrogen-bond donors (Lipinski definition) is 0. The molecule has 0 aromatic heterocycles. The number of hydrogen-bond acceptors (Lipinski definition) is 3. The van der Waals surface area contributed by atoms with E-state index in [0.29, 0.717) is 0 Å². The van der Waals surface area contributed by atoms with Crippen molar-refractivity contribution in [2.45, 2.75) is 64.8 Å². The van der Waals surface area contributed by atoms with Gasteiger partial charge in [-0.05, 0) is 27.7 Å². The number of carbonyl (C=O) groups is 2. The SMILES string of the molecule is CCC(=O)[C@@]1(C)C[C@H](F)CN1C(=O)OC(C)(C)C. The number of ketones is 1. The molecule has 1 heterocycles. The van der Waals surface area contributed by atoms with Gasteiger partial charge in [-0.25, -0.2) is 9.18 Å². The Hall–Kier alpha value is -1.13. The third-order valence-electron chi connectivity index (χ3n) is 3.13. The molecule has 0 spiro atoms. The van der Waals surface area contributed by atoms with Crippen LogP contribution >= 0.6 is 0 Å². The van der Waals surface area contributed by atoms with Gasteiger partial charge in [-0.15, -0.1) is 0 Å². The van der Waals surface area contributed by atoms with E-state index in [4.69, 9.17) is 4.74 Å². The van der Waals surface area contributed by atoms with E-state index in [9.17, 15) is 14.0 Å². The standard InChI is InChI=1S/C13H22FNO3/c1-6-10(16)13(5)7-9(14)8-15(13)11(17)18-12(2,3)4/h9H,6-8H2,1-5H3/t9-,13+/m0/s1. The maximum atomic E-state index is 13.6. The molecule has 1 rings (SSSR count). The molecule has 1 fully saturated rings. The molecule has 0 N–H and O–H groups in total. The zero-order chi connectivity index (χ0) is 14.1. The summed E-state index contributed by atoms with van der Waals surface area (Å²) in [4.78, 5) is 25.2. The highest BCUT2D eigenvalue weighted by molar-refractivity contribution is 5.91. The number of amides is 1. The fourth-order valence-corrected chi connectivity index (χ4v) is 2.24. The van der Waals surface area contributed by atoms with Crippen LogP contribution in [0.5, 0.6) is 0 Å². The second kappa shape index (κ2) is 4.86. The van der Waals surface area contributed by atoms with Crippen LogP contribution in [-0.2, 0) is 9.53 Å². The number of Topliss-reactive ketones (excluding diaryl/α,β-unsaturated/α-hetero) is 1. The molecular formula is C13H22FNO3. The summed E-state index contributed by atoms with van der Waals surface area (Å²) in [6.45, 7) is 8.48. The Morgan fingerprint density at radius 2 is 2.00 bits per heavy atom. The molecule has 4 nitrogen and oxygen atoms in total. The Morgan fingerprint density at radius 1 is 1.44 bits per heavy atom. The second-order valence-corrected chi connectivity index (χ2v) is 5.94. The van der Waals surface area contributed by atoms with Gasteiger partial charge >= 0.3 is 6.09 Å². The van der Waals surface area contributed by atoms with Crippen LogP contribution in [0.1, 0.15) is 47.5 Å². The van der Waals surface area contributed by atoms with Gasteiger partial charge in [0, 0.05) is 12.8 Å². The van der Waals surface area contributed by atoms with Crippen molar-refractivity contribution in [3.05, 3.63) is 0 Å². The summed E-state index contributed by atoms with van der Waals surface area (Å²) >= 11 is 0. The highest BCUT2D eigenvalue weighted by Gasteiger charge is 2.50. The predicted molar refractivity (Wildman–Crippen MR) is 66.2 cm³/mol. The fraction of sp³-hybridized carbons (Fsp3) is 0.846. The normalized spacial score (nSPS) is 28.3. The third-order valence-corrected chi connectivity index (χ3v) is 3.13. The van der Waals surface area contributed by atoms with E-state index in [1.165, 1.54) is 4.90 Å². The Morgan fingerprint density at radius 3 is 2.44 bits per heavy atom. The van der Waals surface area contributed by atoms with E-state index in [0.717, 1.165) is 0 Å². The fourth-order valence-electron chi connectivity index (χ4n) is 2.24. The molecule has 1 amide bonds. The maximum absolute atomic E-state index is 13.6. The lowest BCUT2D eigenvalue weighted by Gasteiger charge is -2.34. The number of nitrogens with zero attached hydrogens (tertiary/aromatic N) is 1. The summed E-state index contributed by atoms with van der Waals surface area (Å²) in [6.07, 6.45) is -1.45. The van der Waals surface area contributed by atoms with Crippen molar-refractivity contribution in [1.82, 2.24) is 4.90 Å². The lowest BCUT2D eigenvalue weighted by molar-refractivity contribution is -0.128. The van der Waals surface area contributed by atoms with Crippen molar-refractivity contribution < 1.29 is 18.7 Å². The van der Waals surface area contributed by atoms with Crippen LogP contribution in [0.4, 0.5) is 9.18 Å². The average Bonchev–Trinajstić information content (AvgIpc) is 2.51. The van der Waals surface area contributed by atoms with Gasteiger partial charge in [0.15, 0.2) is 5.78 Å². The van der Waals surface area contributed by atoms with Crippen molar-refractivity contribution in [2.75, 3.05) is 6.54 Å². The van der Waals surface area contributed by atoms with Gasteiger partial charge in [-0.2, -0.15) is 0 Å². The molecular weight excluding hydrogens is 237 g/mol. The van der Waals surface area contributed by atoms with E-state index < -0.39 is 23.4 Å². The molecule has 1 aliphatic rings. The first-order valence-corrected chi connectivity index (χ1v) is 6.28. The topological polar surface area (TPSA) is 46.6 Å². The van der Waals surface area contributed by atoms with Gasteiger partial charge in [-0.1, -0.05) is 6.92 Å². The molecule has 0 unspecified atom stereocenters. The Balaban J connectivity index is 2.92. The Bertz CT molecular complexity index is 351. The van der Waals surface area contributed by atoms with Crippen LogP contribution in [-0.4, -0.2) is 40.6 Å². The van der Waals surface area contributed by atoms with Gasteiger partial charge in [-0.3, -0.25) is 9.69 Å². The molecule has 5 heteroatoms. The zero-order valence-corrected chi connectivity index (χ0v) is 11.7. The van der Waals surface area contributed by atoms with E-state index in [1.807, 2.05) is 0 Å². The van der Waals surface area contributed by atoms with E-state index in [1.54, 1.807) is 34.6 Å². The molecule has 0 saturated carbocycles. The molecule has 18 heavy (non-hydrogen) atoms. The molecule has 0 bridgehead atoms. The first-order valence-electron chi connectivity index (χ1n) is 6.28. The van der Waals surface area contributed by atoms with Crippen molar-refractivity contribution in [3.8, 4) is 0 Å². The van der Waals surface area contributed by atoms with Crippen LogP contribution in [0, 0.1) is 0 Å². The highest BCUT2D eigenvalue weighted by Crippen LogP contribution is 2.34. The summed E-state index contributed by atoms with van der Waals surface area (Å²) in [5.41, 5.74) is -1.72. The van der Waals surface area contributed by atoms with E-state index in [-0.39, 0.29) is 25.2 Å². The van der Waals surface area contributed by atoms with Crippen LogP contribution in [0.2, 0.25) is 0 Å². The second-order valence-electron chi connectivity index (χ2n) is 5.94. The number of likely N-dealkylation sites (tertiary alicyclic amines) is 1. The minimum absolute atomic E-state index is 0.0545. The van der Waals surface area contributed by atoms with Gasteiger partial charge in [0.2, 0.25) is 0 Å². The highest BCUT2D eigenvalue weighted by atomic mass is 19.1. The van der Waals surface area contributed by atoms with E-state index in [2.05, 4.69) is 0 Å². The van der Waals surface area contributed by atoms with Crippen molar-refractivity contribution in [1.29, 1.82) is 0 Å².